The molecule has 1 aromatic carbocycles. The molecule has 1 aromatic rings. The summed E-state index contributed by atoms with van der Waals surface area (Å²) >= 11 is 3.63. The number of rotatable bonds is 20. The zero-order valence-corrected chi connectivity index (χ0v) is 26.1. The number of esters is 2. The van der Waals surface area contributed by atoms with E-state index in [9.17, 15) is 19.5 Å². The molecule has 2 rings (SSSR count). The number of hydrogen-bond acceptors (Lipinski definition) is 10. The van der Waals surface area contributed by atoms with E-state index in [4.69, 9.17) is 18.9 Å². The highest BCUT2D eigenvalue weighted by Gasteiger charge is 2.41. The highest BCUT2D eigenvalue weighted by Crippen LogP contribution is 2.45. The highest BCUT2D eigenvalue weighted by atomic mass is 32.2. The van der Waals surface area contributed by atoms with E-state index in [1.165, 1.54) is 6.92 Å². The van der Waals surface area contributed by atoms with Gasteiger partial charge in [-0.1, -0.05) is 13.3 Å². The SMILES string of the molecule is CCCc1c(OCCCCCSCC2COC(CCC(=O)OCC)(CCC(=O)OCC)S2)ccc(C(C)=O)c1O. The zero-order valence-electron chi connectivity index (χ0n) is 24.5. The van der Waals surface area contributed by atoms with Crippen molar-refractivity contribution < 1.29 is 38.4 Å². The van der Waals surface area contributed by atoms with Crippen LogP contribution in [0.1, 0.15) is 95.0 Å². The molecule has 1 heterocycles. The molecule has 1 aliphatic heterocycles. The van der Waals surface area contributed by atoms with Crippen LogP contribution in [0.15, 0.2) is 12.1 Å². The van der Waals surface area contributed by atoms with Crippen LogP contribution in [0, 0.1) is 0 Å². The lowest BCUT2D eigenvalue weighted by Crippen LogP contribution is -2.27. The van der Waals surface area contributed by atoms with Crippen LogP contribution in [-0.2, 0) is 30.2 Å². The fourth-order valence-corrected chi connectivity index (χ4v) is 7.36. The number of aromatic hydroxyl groups is 1. The van der Waals surface area contributed by atoms with Crippen LogP contribution in [-0.4, -0.2) is 70.9 Å². The molecule has 0 radical (unpaired) electrons. The van der Waals surface area contributed by atoms with Gasteiger partial charge < -0.3 is 24.1 Å². The van der Waals surface area contributed by atoms with E-state index in [2.05, 4.69) is 0 Å². The number of phenolic OH excluding ortho intramolecular Hbond substituents is 1. The molecule has 0 spiro atoms. The van der Waals surface area contributed by atoms with Gasteiger partial charge in [-0.05, 0) is 77.2 Å². The summed E-state index contributed by atoms with van der Waals surface area (Å²) in [5, 5.41) is 10.8. The van der Waals surface area contributed by atoms with Gasteiger partial charge in [-0.25, -0.2) is 0 Å². The Morgan fingerprint density at radius 3 is 2.33 bits per heavy atom. The first-order chi connectivity index (χ1) is 19.2. The van der Waals surface area contributed by atoms with Crippen molar-refractivity contribution in [2.45, 2.75) is 95.7 Å². The Hall–Kier alpha value is -1.91. The maximum atomic E-state index is 11.9. The van der Waals surface area contributed by atoms with E-state index in [1.54, 1.807) is 37.7 Å². The van der Waals surface area contributed by atoms with Crippen LogP contribution >= 0.6 is 23.5 Å². The largest absolute Gasteiger partial charge is 0.507 e. The number of ketones is 1. The number of benzene rings is 1. The van der Waals surface area contributed by atoms with Gasteiger partial charge in [0.2, 0.25) is 0 Å². The second kappa shape index (κ2) is 18.5. The summed E-state index contributed by atoms with van der Waals surface area (Å²) < 4.78 is 22.3. The molecule has 8 nitrogen and oxygen atoms in total. The van der Waals surface area contributed by atoms with Crippen LogP contribution < -0.4 is 4.74 Å². The lowest BCUT2D eigenvalue weighted by Gasteiger charge is -2.27. The summed E-state index contributed by atoms with van der Waals surface area (Å²) in [5.74, 6) is 2.05. The number of ether oxygens (including phenoxy) is 4. The smallest absolute Gasteiger partial charge is 0.305 e. The van der Waals surface area contributed by atoms with Crippen molar-refractivity contribution in [3.05, 3.63) is 23.3 Å². The van der Waals surface area contributed by atoms with Gasteiger partial charge in [0, 0.05) is 29.4 Å². The summed E-state index contributed by atoms with van der Waals surface area (Å²) in [6.45, 7) is 8.95. The van der Waals surface area contributed by atoms with Gasteiger partial charge in [0.1, 0.15) is 16.4 Å². The third-order valence-corrected chi connectivity index (χ3v) is 9.58. The number of Topliss-reactive ketones (excluding diaryl/α,β-unsaturated/α-hetero) is 1. The Kier molecular flexibility index (Phi) is 15.9. The first kappa shape index (κ1) is 34.3. The molecule has 1 atom stereocenters. The van der Waals surface area contributed by atoms with E-state index < -0.39 is 4.93 Å². The van der Waals surface area contributed by atoms with Crippen molar-refractivity contribution in [2.24, 2.45) is 0 Å². The number of carbonyl (C=O) groups excluding carboxylic acids is 3. The number of thioether (sulfide) groups is 2. The Morgan fingerprint density at radius 1 is 1.05 bits per heavy atom. The fraction of sp³-hybridized carbons (Fsp3) is 0.700. The zero-order chi connectivity index (χ0) is 29.4. The van der Waals surface area contributed by atoms with Crippen molar-refractivity contribution in [3.8, 4) is 11.5 Å². The molecule has 1 saturated heterocycles. The van der Waals surface area contributed by atoms with Gasteiger partial charge in [0.05, 0.1) is 32.0 Å². The molecular weight excluding hydrogens is 552 g/mol. The summed E-state index contributed by atoms with van der Waals surface area (Å²) in [4.78, 5) is 35.1. The summed E-state index contributed by atoms with van der Waals surface area (Å²) in [6, 6.07) is 3.42. The predicted octanol–water partition coefficient (Wildman–Crippen LogP) is 6.34. The molecule has 1 aliphatic rings. The lowest BCUT2D eigenvalue weighted by atomic mass is 10.0. The van der Waals surface area contributed by atoms with Crippen molar-refractivity contribution in [2.75, 3.05) is 37.9 Å². The summed E-state index contributed by atoms with van der Waals surface area (Å²) in [6.07, 6.45) is 6.11. The van der Waals surface area contributed by atoms with Crippen LogP contribution in [0.2, 0.25) is 0 Å². The average molecular weight is 599 g/mol. The first-order valence-corrected chi connectivity index (χ1v) is 16.5. The number of hydrogen-bond donors (Lipinski definition) is 1. The van der Waals surface area contributed by atoms with E-state index in [0.29, 0.717) is 67.8 Å². The van der Waals surface area contributed by atoms with Gasteiger partial charge in [-0.2, -0.15) is 11.8 Å². The molecule has 1 unspecified atom stereocenters. The maximum Gasteiger partial charge on any atom is 0.305 e. The average Bonchev–Trinajstić information content (AvgIpc) is 3.33. The molecule has 0 saturated carbocycles. The predicted molar refractivity (Wildman–Crippen MR) is 161 cm³/mol. The molecule has 0 aromatic heterocycles. The Morgan fingerprint density at radius 2 is 1.73 bits per heavy atom. The molecular formula is C30H46O8S2. The van der Waals surface area contributed by atoms with Crippen LogP contribution in [0.3, 0.4) is 0 Å². The fourth-order valence-electron chi connectivity index (χ4n) is 4.55. The highest BCUT2D eigenvalue weighted by molar-refractivity contribution is 8.04. The van der Waals surface area contributed by atoms with Crippen molar-refractivity contribution in [3.63, 3.8) is 0 Å². The second-order valence-corrected chi connectivity index (χ2v) is 12.6. The van der Waals surface area contributed by atoms with Gasteiger partial charge in [0.25, 0.3) is 0 Å². The van der Waals surface area contributed by atoms with E-state index >= 15 is 0 Å². The van der Waals surface area contributed by atoms with E-state index in [1.807, 2.05) is 18.7 Å². The van der Waals surface area contributed by atoms with Gasteiger partial charge in [-0.3, -0.25) is 14.4 Å². The standard InChI is InChI=1S/C30H46O8S2/c1-5-11-25-26(13-12-24(22(4)31)29(25)34)37-18-9-8-10-19-39-21-23-20-38-30(40-23,16-14-27(32)35-6-2)17-15-28(33)36-7-3/h12-13,23,34H,5-11,14-21H2,1-4H3. The lowest BCUT2D eigenvalue weighted by molar-refractivity contribution is -0.144. The van der Waals surface area contributed by atoms with Crippen molar-refractivity contribution in [1.29, 1.82) is 0 Å². The molecule has 0 amide bonds. The van der Waals surface area contributed by atoms with Gasteiger partial charge >= 0.3 is 11.9 Å². The Balaban J connectivity index is 1.71. The Bertz CT molecular complexity index is 930. The van der Waals surface area contributed by atoms with Crippen molar-refractivity contribution in [1.82, 2.24) is 0 Å². The summed E-state index contributed by atoms with van der Waals surface area (Å²) in [7, 11) is 0. The minimum Gasteiger partial charge on any atom is -0.507 e. The second-order valence-electron chi connectivity index (χ2n) is 9.80. The topological polar surface area (TPSA) is 108 Å². The van der Waals surface area contributed by atoms with Gasteiger partial charge in [-0.15, -0.1) is 11.8 Å². The monoisotopic (exact) mass is 598 g/mol. The third kappa shape index (κ3) is 11.5. The number of phenols is 1. The number of unbranched alkanes of at least 4 members (excludes halogenated alkanes) is 2. The molecule has 226 valence electrons. The van der Waals surface area contributed by atoms with E-state index in [0.717, 1.165) is 37.2 Å². The normalized spacial score (nSPS) is 16.1. The molecule has 0 bridgehead atoms. The minimum absolute atomic E-state index is 0.0443. The molecule has 10 heteroatoms. The van der Waals surface area contributed by atoms with Crippen molar-refractivity contribution >= 4 is 41.2 Å². The van der Waals surface area contributed by atoms with Crippen LogP contribution in [0.25, 0.3) is 0 Å². The first-order valence-electron chi connectivity index (χ1n) is 14.4. The van der Waals surface area contributed by atoms with Crippen LogP contribution in [0.4, 0.5) is 0 Å². The molecule has 0 aliphatic carbocycles. The Labute approximate surface area is 247 Å². The molecule has 40 heavy (non-hydrogen) atoms. The molecule has 1 N–H and O–H groups in total. The summed E-state index contributed by atoms with van der Waals surface area (Å²) in [5.41, 5.74) is 1.05. The minimum atomic E-state index is -0.560. The third-order valence-electron chi connectivity index (χ3n) is 6.56. The maximum absolute atomic E-state index is 11.9. The van der Waals surface area contributed by atoms with E-state index in [-0.39, 0.29) is 36.3 Å². The van der Waals surface area contributed by atoms with Crippen LogP contribution in [0.5, 0.6) is 11.5 Å². The van der Waals surface area contributed by atoms with Gasteiger partial charge in [0.15, 0.2) is 5.78 Å². The molecule has 1 fully saturated rings. The number of carbonyl (C=O) groups is 3. The quantitative estimate of drug-likeness (QED) is 0.104.